The number of carbonyl (C=O) groups excluding carboxylic acids is 2. The third kappa shape index (κ3) is 8.65. The second-order valence-corrected chi connectivity index (χ2v) is 14.4. The van der Waals surface area contributed by atoms with Gasteiger partial charge in [0.15, 0.2) is 9.84 Å². The van der Waals surface area contributed by atoms with E-state index < -0.39 is 39.5 Å². The average molecular weight is 649 g/mol. The van der Waals surface area contributed by atoms with Gasteiger partial charge in [0.1, 0.15) is 11.6 Å². The van der Waals surface area contributed by atoms with E-state index in [1.54, 1.807) is 52.0 Å². The molecule has 5 rings (SSSR count). The Kier molecular flexibility index (Phi) is 10.1. The summed E-state index contributed by atoms with van der Waals surface area (Å²) in [7, 11) is -3.82. The summed E-state index contributed by atoms with van der Waals surface area (Å²) in [6.07, 6.45) is 1.90. The first-order valence-corrected chi connectivity index (χ1v) is 17.2. The van der Waals surface area contributed by atoms with Gasteiger partial charge in [0.2, 0.25) is 5.91 Å². The van der Waals surface area contributed by atoms with Crippen molar-refractivity contribution >= 4 is 49.1 Å². The zero-order chi connectivity index (χ0) is 33.6. The minimum Gasteiger partial charge on any atom is -0.443 e. The van der Waals surface area contributed by atoms with E-state index in [0.29, 0.717) is 18.5 Å². The van der Waals surface area contributed by atoms with Gasteiger partial charge in [-0.1, -0.05) is 97.1 Å². The lowest BCUT2D eigenvalue weighted by atomic mass is 10.0. The molecule has 0 unspecified atom stereocenters. The fourth-order valence-corrected chi connectivity index (χ4v) is 6.45. The number of ether oxygens (including phenoxy) is 1. The highest BCUT2D eigenvalue weighted by Gasteiger charge is 2.32. The molecule has 0 spiro atoms. The first kappa shape index (κ1) is 33.4. The Hall–Kier alpha value is -4.95. The topological polar surface area (TPSA) is 92.8 Å². The molecule has 0 saturated heterocycles. The summed E-state index contributed by atoms with van der Waals surface area (Å²) < 4.78 is 32.6. The maximum Gasteiger partial charge on any atom is 0.415 e. The van der Waals surface area contributed by atoms with Crippen LogP contribution in [0.1, 0.15) is 39.7 Å². The van der Waals surface area contributed by atoms with Crippen LogP contribution in [0.3, 0.4) is 0 Å². The summed E-state index contributed by atoms with van der Waals surface area (Å²) in [6.45, 7) is 6.95. The van der Waals surface area contributed by atoms with Crippen LogP contribution < -0.4 is 10.2 Å². The number of nitrogens with zero attached hydrogens (tertiary/aromatic N) is 1. The zero-order valence-corrected chi connectivity index (χ0v) is 27.9. The van der Waals surface area contributed by atoms with E-state index in [2.05, 4.69) is 5.32 Å². The first-order valence-electron chi connectivity index (χ1n) is 15.7. The fraction of sp³-hybridized carbons (Fsp3) is 0.231. The molecule has 0 heterocycles. The molecule has 8 heteroatoms. The van der Waals surface area contributed by atoms with Gasteiger partial charge in [-0.25, -0.2) is 13.2 Å². The van der Waals surface area contributed by atoms with E-state index in [1.165, 1.54) is 11.0 Å². The highest BCUT2D eigenvalue weighted by molar-refractivity contribution is 7.94. The molecule has 0 fully saturated rings. The minimum absolute atomic E-state index is 0.168. The highest BCUT2D eigenvalue weighted by atomic mass is 32.2. The van der Waals surface area contributed by atoms with Crippen LogP contribution >= 0.6 is 0 Å². The molecule has 0 saturated carbocycles. The van der Waals surface area contributed by atoms with Crippen LogP contribution in [0.15, 0.2) is 132 Å². The van der Waals surface area contributed by atoms with Crippen molar-refractivity contribution in [2.24, 2.45) is 0 Å². The number of anilines is 1. The van der Waals surface area contributed by atoms with Crippen molar-refractivity contribution in [2.75, 3.05) is 4.90 Å². The van der Waals surface area contributed by atoms with Gasteiger partial charge in [-0.15, -0.1) is 0 Å². The van der Waals surface area contributed by atoms with Crippen LogP contribution in [0, 0.1) is 0 Å². The molecule has 242 valence electrons. The van der Waals surface area contributed by atoms with E-state index in [1.807, 2.05) is 91.0 Å². The van der Waals surface area contributed by atoms with Crippen LogP contribution in [0.2, 0.25) is 0 Å². The maximum atomic E-state index is 13.9. The molecule has 0 bridgehead atoms. The third-order valence-corrected chi connectivity index (χ3v) is 9.25. The quantitative estimate of drug-likeness (QED) is 0.165. The monoisotopic (exact) mass is 648 g/mol. The Morgan fingerprint density at radius 1 is 0.787 bits per heavy atom. The Bertz CT molecular complexity index is 2020. The van der Waals surface area contributed by atoms with Crippen molar-refractivity contribution in [3.05, 3.63) is 132 Å². The van der Waals surface area contributed by atoms with Gasteiger partial charge in [-0.3, -0.25) is 9.69 Å². The van der Waals surface area contributed by atoms with Gasteiger partial charge in [-0.05, 0) is 91.9 Å². The predicted molar refractivity (Wildman–Crippen MR) is 189 cm³/mol. The van der Waals surface area contributed by atoms with E-state index in [-0.39, 0.29) is 4.90 Å². The van der Waals surface area contributed by atoms with E-state index in [4.69, 9.17) is 4.74 Å². The zero-order valence-electron chi connectivity index (χ0n) is 27.1. The number of sulfone groups is 1. The number of hydrogen-bond acceptors (Lipinski definition) is 5. The smallest absolute Gasteiger partial charge is 0.415 e. The number of carbonyl (C=O) groups is 2. The molecule has 0 aromatic heterocycles. The molecule has 2 atom stereocenters. The van der Waals surface area contributed by atoms with Gasteiger partial charge in [0.05, 0.1) is 4.90 Å². The van der Waals surface area contributed by atoms with Crippen LogP contribution in [0.4, 0.5) is 10.5 Å². The van der Waals surface area contributed by atoms with Crippen molar-refractivity contribution < 1.29 is 22.7 Å². The number of fused-ring (bicyclic) bond motifs is 2. The van der Waals surface area contributed by atoms with Gasteiger partial charge in [-0.2, -0.15) is 0 Å². The van der Waals surface area contributed by atoms with Crippen molar-refractivity contribution in [3.63, 3.8) is 0 Å². The Morgan fingerprint density at radius 3 is 2.00 bits per heavy atom. The molecule has 0 aliphatic heterocycles. The predicted octanol–water partition coefficient (Wildman–Crippen LogP) is 8.23. The van der Waals surface area contributed by atoms with Crippen molar-refractivity contribution in [3.8, 4) is 0 Å². The molecule has 0 aliphatic carbocycles. The molecule has 47 heavy (non-hydrogen) atoms. The van der Waals surface area contributed by atoms with Crippen molar-refractivity contribution in [1.82, 2.24) is 5.32 Å². The van der Waals surface area contributed by atoms with Crippen molar-refractivity contribution in [1.29, 1.82) is 0 Å². The van der Waals surface area contributed by atoms with Crippen molar-refractivity contribution in [2.45, 2.75) is 63.1 Å². The number of amides is 2. The van der Waals surface area contributed by atoms with Crippen LogP contribution in [-0.4, -0.2) is 38.1 Å². The van der Waals surface area contributed by atoms with E-state index >= 15 is 0 Å². The molecule has 1 N–H and O–H groups in total. The number of aryl methyl sites for hydroxylation is 1. The summed E-state index contributed by atoms with van der Waals surface area (Å²) in [4.78, 5) is 29.0. The number of benzene rings is 5. The number of rotatable bonds is 10. The first-order chi connectivity index (χ1) is 22.4. The summed E-state index contributed by atoms with van der Waals surface area (Å²) in [6, 6.07) is 34.1. The van der Waals surface area contributed by atoms with E-state index in [0.717, 1.165) is 32.5 Å². The number of nitrogens with one attached hydrogen (secondary N) is 1. The SMILES string of the molecule is C[C@@H](C(=O)N[C@H](C=CS(=O)(=O)c1ccc2ccccc2c1)CCc1ccccc1)N(C(=O)OC(C)(C)C)c1ccc2ccccc2c1. The second-order valence-electron chi connectivity index (χ2n) is 12.6. The van der Waals surface area contributed by atoms with Gasteiger partial charge in [0.25, 0.3) is 0 Å². The molecule has 5 aromatic rings. The van der Waals surface area contributed by atoms with Crippen LogP contribution in [-0.2, 0) is 25.8 Å². The van der Waals surface area contributed by atoms with Gasteiger partial charge in [0, 0.05) is 17.1 Å². The second kappa shape index (κ2) is 14.2. The number of hydrogen-bond donors (Lipinski definition) is 1. The summed E-state index contributed by atoms with van der Waals surface area (Å²) in [5, 5.41) is 7.84. The van der Waals surface area contributed by atoms with Crippen LogP contribution in [0.25, 0.3) is 21.5 Å². The fourth-order valence-electron chi connectivity index (χ4n) is 5.35. The Morgan fingerprint density at radius 2 is 1.36 bits per heavy atom. The average Bonchev–Trinajstić information content (AvgIpc) is 3.05. The summed E-state index contributed by atoms with van der Waals surface area (Å²) >= 11 is 0. The molecule has 2 amide bonds. The van der Waals surface area contributed by atoms with Crippen LogP contribution in [0.5, 0.6) is 0 Å². The Labute approximate surface area is 276 Å². The summed E-state index contributed by atoms with van der Waals surface area (Å²) in [5.74, 6) is -0.449. The molecular weight excluding hydrogens is 609 g/mol. The van der Waals surface area contributed by atoms with Gasteiger partial charge >= 0.3 is 6.09 Å². The van der Waals surface area contributed by atoms with Gasteiger partial charge < -0.3 is 10.1 Å². The maximum absolute atomic E-state index is 13.9. The molecule has 0 radical (unpaired) electrons. The summed E-state index contributed by atoms with van der Waals surface area (Å²) in [5.41, 5.74) is 0.772. The highest BCUT2D eigenvalue weighted by Crippen LogP contribution is 2.26. The lowest BCUT2D eigenvalue weighted by Gasteiger charge is -2.32. The lowest BCUT2D eigenvalue weighted by Crippen LogP contribution is -2.51. The molecule has 0 aliphatic rings. The van der Waals surface area contributed by atoms with E-state index in [9.17, 15) is 18.0 Å². The lowest BCUT2D eigenvalue weighted by molar-refractivity contribution is -0.122. The normalized spacial score (nSPS) is 13.4. The Balaban J connectivity index is 1.43. The minimum atomic E-state index is -3.82. The molecule has 7 nitrogen and oxygen atoms in total. The molecule has 5 aromatic carbocycles. The molecular formula is C39H40N2O5S. The standard InChI is InChI=1S/C39H40N2O5S/c1-28(41(38(43)46-39(2,3)4)35-22-19-30-14-8-10-16-32(30)26-35)37(42)40-34(21-18-29-12-6-5-7-13-29)24-25-47(44,45)36-23-20-31-15-9-11-17-33(31)27-36/h5-17,19-20,22-28,34H,18,21H2,1-4H3,(H,40,42)/t28-,34-/m0/s1. The largest absolute Gasteiger partial charge is 0.443 e. The third-order valence-electron chi connectivity index (χ3n) is 7.82.